The van der Waals surface area contributed by atoms with Crippen LogP contribution in [0.4, 0.5) is 0 Å². The molecular weight excluding hydrogens is 304 g/mol. The van der Waals surface area contributed by atoms with Crippen molar-refractivity contribution in [1.82, 2.24) is 0 Å². The first-order chi connectivity index (χ1) is 11.5. The summed E-state index contributed by atoms with van der Waals surface area (Å²) in [6.07, 6.45) is 0.141. The van der Waals surface area contributed by atoms with Crippen LogP contribution in [0.25, 0.3) is 0 Å². The molecule has 1 fully saturated rings. The van der Waals surface area contributed by atoms with Gasteiger partial charge < -0.3 is 9.84 Å². The van der Waals surface area contributed by atoms with E-state index in [1.54, 1.807) is 0 Å². The monoisotopic (exact) mass is 324 g/mol. The predicted molar refractivity (Wildman–Crippen MR) is 89.2 cm³/mol. The minimum atomic E-state index is -1.70. The number of Topliss-reactive ketones (excluding diaryl/α,β-unsaturated/α-hetero) is 1. The van der Waals surface area contributed by atoms with E-state index >= 15 is 0 Å². The van der Waals surface area contributed by atoms with Crippen LogP contribution in [0.2, 0.25) is 0 Å². The van der Waals surface area contributed by atoms with Gasteiger partial charge in [-0.2, -0.15) is 0 Å². The van der Waals surface area contributed by atoms with E-state index in [4.69, 9.17) is 4.74 Å². The average molecular weight is 324 g/mol. The Morgan fingerprint density at radius 2 is 1.71 bits per heavy atom. The Labute approximate surface area is 141 Å². The molecule has 0 amide bonds. The molecule has 1 aliphatic carbocycles. The van der Waals surface area contributed by atoms with Gasteiger partial charge in [-0.15, -0.1) is 0 Å². The van der Waals surface area contributed by atoms with Gasteiger partial charge in [-0.1, -0.05) is 60.7 Å². The summed E-state index contributed by atoms with van der Waals surface area (Å²) in [4.78, 5) is 24.8. The van der Waals surface area contributed by atoms with E-state index in [9.17, 15) is 14.7 Å². The van der Waals surface area contributed by atoms with E-state index in [-0.39, 0.29) is 24.7 Å². The fourth-order valence-electron chi connectivity index (χ4n) is 3.31. The zero-order chi connectivity index (χ0) is 17.2. The summed E-state index contributed by atoms with van der Waals surface area (Å²) in [5.74, 6) is -2.12. The minimum Gasteiger partial charge on any atom is -0.460 e. The second-order valence-electron chi connectivity index (χ2n) is 6.36. The van der Waals surface area contributed by atoms with Crippen molar-refractivity contribution >= 4 is 11.8 Å². The zero-order valence-corrected chi connectivity index (χ0v) is 13.5. The molecule has 24 heavy (non-hydrogen) atoms. The van der Waals surface area contributed by atoms with Crippen LogP contribution in [0.5, 0.6) is 0 Å². The molecule has 1 N–H and O–H groups in total. The van der Waals surface area contributed by atoms with Crippen LogP contribution in [0.1, 0.15) is 30.4 Å². The number of benzene rings is 2. The van der Waals surface area contributed by atoms with Crippen LogP contribution in [0.15, 0.2) is 60.7 Å². The van der Waals surface area contributed by atoms with Gasteiger partial charge in [0, 0.05) is 12.3 Å². The highest BCUT2D eigenvalue weighted by Gasteiger charge is 2.55. The van der Waals surface area contributed by atoms with Crippen molar-refractivity contribution in [3.8, 4) is 0 Å². The molecule has 0 spiro atoms. The Morgan fingerprint density at radius 1 is 1.12 bits per heavy atom. The second kappa shape index (κ2) is 6.57. The van der Waals surface area contributed by atoms with Gasteiger partial charge in [-0.05, 0) is 18.1 Å². The lowest BCUT2D eigenvalue weighted by atomic mass is 9.83. The highest BCUT2D eigenvalue weighted by molar-refractivity contribution is 5.97. The van der Waals surface area contributed by atoms with Gasteiger partial charge in [-0.3, -0.25) is 9.59 Å². The van der Waals surface area contributed by atoms with Gasteiger partial charge in [0.25, 0.3) is 0 Å². The summed E-state index contributed by atoms with van der Waals surface area (Å²) in [6, 6.07) is 18.7. The van der Waals surface area contributed by atoms with Crippen molar-refractivity contribution in [3.05, 3.63) is 71.8 Å². The molecule has 4 heteroatoms. The molecule has 3 rings (SSSR count). The number of carbonyl (C=O) groups excluding carboxylic acids is 2. The number of rotatable bonds is 4. The molecule has 1 saturated carbocycles. The van der Waals surface area contributed by atoms with Gasteiger partial charge in [0.1, 0.15) is 12.2 Å². The fraction of sp³-hybridized carbons (Fsp3) is 0.300. The summed E-state index contributed by atoms with van der Waals surface area (Å²) < 4.78 is 5.40. The third-order valence-corrected chi connectivity index (χ3v) is 4.68. The first-order valence-corrected chi connectivity index (χ1v) is 8.01. The lowest BCUT2D eigenvalue weighted by Crippen LogP contribution is -2.42. The quantitative estimate of drug-likeness (QED) is 0.879. The molecule has 0 heterocycles. The molecule has 0 aromatic heterocycles. The van der Waals surface area contributed by atoms with E-state index in [0.29, 0.717) is 0 Å². The van der Waals surface area contributed by atoms with Crippen LogP contribution < -0.4 is 0 Å². The van der Waals surface area contributed by atoms with E-state index in [1.807, 2.05) is 60.7 Å². The highest BCUT2D eigenvalue weighted by atomic mass is 16.5. The molecule has 1 aliphatic rings. The first-order valence-electron chi connectivity index (χ1n) is 8.01. The summed E-state index contributed by atoms with van der Waals surface area (Å²) in [6.45, 7) is 1.54. The van der Waals surface area contributed by atoms with Gasteiger partial charge in [0.2, 0.25) is 0 Å². The molecule has 2 aromatic carbocycles. The lowest BCUT2D eigenvalue weighted by Gasteiger charge is -2.26. The maximum atomic E-state index is 12.6. The van der Waals surface area contributed by atoms with E-state index in [0.717, 1.165) is 11.1 Å². The highest BCUT2D eigenvalue weighted by Crippen LogP contribution is 2.44. The van der Waals surface area contributed by atoms with Crippen molar-refractivity contribution in [1.29, 1.82) is 0 Å². The molecule has 4 nitrogen and oxygen atoms in total. The average Bonchev–Trinajstić information content (AvgIpc) is 2.84. The number of esters is 1. The van der Waals surface area contributed by atoms with Crippen molar-refractivity contribution in [3.63, 3.8) is 0 Å². The molecule has 0 unspecified atom stereocenters. The van der Waals surface area contributed by atoms with Crippen molar-refractivity contribution in [2.45, 2.75) is 31.5 Å². The number of ether oxygens (including phenoxy) is 1. The Hall–Kier alpha value is -2.46. The summed E-state index contributed by atoms with van der Waals surface area (Å²) >= 11 is 0. The van der Waals surface area contributed by atoms with E-state index < -0.39 is 17.5 Å². The smallest absolute Gasteiger partial charge is 0.313 e. The summed E-state index contributed by atoms with van der Waals surface area (Å²) in [5, 5.41) is 10.6. The molecule has 0 radical (unpaired) electrons. The van der Waals surface area contributed by atoms with E-state index in [1.165, 1.54) is 6.92 Å². The van der Waals surface area contributed by atoms with Gasteiger partial charge in [0.15, 0.2) is 5.78 Å². The zero-order valence-electron chi connectivity index (χ0n) is 13.5. The number of hydrogen-bond donors (Lipinski definition) is 1. The maximum Gasteiger partial charge on any atom is 0.313 e. The van der Waals surface area contributed by atoms with Crippen molar-refractivity contribution in [2.24, 2.45) is 5.92 Å². The predicted octanol–water partition coefficient (Wildman–Crippen LogP) is 2.85. The summed E-state index contributed by atoms with van der Waals surface area (Å²) in [5.41, 5.74) is 0.0326. The molecular formula is C20H20O4. The van der Waals surface area contributed by atoms with Crippen LogP contribution in [-0.2, 0) is 20.9 Å². The number of carbonyl (C=O) groups is 2. The molecule has 3 atom stereocenters. The normalized spacial score (nSPS) is 26.3. The fourth-order valence-corrected chi connectivity index (χ4v) is 3.31. The van der Waals surface area contributed by atoms with Crippen LogP contribution in [-0.4, -0.2) is 22.5 Å². The van der Waals surface area contributed by atoms with Gasteiger partial charge >= 0.3 is 5.97 Å². The van der Waals surface area contributed by atoms with Crippen molar-refractivity contribution < 1.29 is 19.4 Å². The number of aliphatic hydroxyl groups is 1. The van der Waals surface area contributed by atoms with Gasteiger partial charge in [-0.25, -0.2) is 0 Å². The topological polar surface area (TPSA) is 63.6 Å². The first kappa shape index (κ1) is 16.4. The third kappa shape index (κ3) is 3.10. The minimum absolute atomic E-state index is 0.127. The summed E-state index contributed by atoms with van der Waals surface area (Å²) in [7, 11) is 0. The molecule has 0 aliphatic heterocycles. The van der Waals surface area contributed by atoms with E-state index in [2.05, 4.69) is 0 Å². The molecule has 0 bridgehead atoms. The van der Waals surface area contributed by atoms with Crippen LogP contribution in [0.3, 0.4) is 0 Å². The van der Waals surface area contributed by atoms with Crippen LogP contribution in [0, 0.1) is 5.92 Å². The Balaban J connectivity index is 1.81. The molecule has 2 aromatic rings. The SMILES string of the molecule is C[C@]1(O)C(=O)C[C@@H](c2ccccc2)[C@@H]1C(=O)OCc1ccccc1. The Morgan fingerprint density at radius 3 is 2.33 bits per heavy atom. The van der Waals surface area contributed by atoms with Gasteiger partial charge in [0.05, 0.1) is 5.92 Å². The largest absolute Gasteiger partial charge is 0.460 e. The third-order valence-electron chi connectivity index (χ3n) is 4.68. The van der Waals surface area contributed by atoms with Crippen LogP contribution >= 0.6 is 0 Å². The molecule has 124 valence electrons. The standard InChI is InChI=1S/C20H20O4/c1-20(23)17(21)12-16(15-10-6-3-7-11-15)18(20)19(22)24-13-14-8-4-2-5-9-14/h2-11,16,18,23H,12-13H2,1H3/t16-,18+,20-/m0/s1. The Kier molecular flexibility index (Phi) is 4.49. The number of hydrogen-bond acceptors (Lipinski definition) is 4. The lowest BCUT2D eigenvalue weighted by molar-refractivity contribution is -0.161. The number of ketones is 1. The molecule has 0 saturated heterocycles. The van der Waals surface area contributed by atoms with Crippen molar-refractivity contribution in [2.75, 3.05) is 0 Å². The second-order valence-corrected chi connectivity index (χ2v) is 6.36. The Bertz CT molecular complexity index is 722. The maximum absolute atomic E-state index is 12.6.